The molecule has 0 fully saturated rings. The minimum absolute atomic E-state index is 0.00349. The first-order valence-corrected chi connectivity index (χ1v) is 24.2. The van der Waals surface area contributed by atoms with Crippen LogP contribution in [0.1, 0.15) is 128 Å². The van der Waals surface area contributed by atoms with Crippen molar-refractivity contribution in [1.82, 2.24) is 0 Å². The SMILES string of the molecule is Cc1cc(C)c(OP(Oc2ccc(C(C)(C)C)cc2C(C)(C)C)c2ccccc2)c(-c2cc(C)cc(C)c2OP(Oc2ccc(C(C)(C)C)cc2C(C)(C)C)c2ccccc2)c1. The third-order valence-corrected chi connectivity index (χ3v) is 13.9. The van der Waals surface area contributed by atoms with Crippen LogP contribution in [0.15, 0.2) is 121 Å². The van der Waals surface area contributed by atoms with E-state index in [0.29, 0.717) is 0 Å². The van der Waals surface area contributed by atoms with Crippen LogP contribution in [0.5, 0.6) is 23.0 Å². The van der Waals surface area contributed by atoms with E-state index in [0.717, 1.165) is 78.1 Å². The molecule has 4 nitrogen and oxygen atoms in total. The molecule has 0 amide bonds. The van der Waals surface area contributed by atoms with E-state index in [2.05, 4.69) is 220 Å². The summed E-state index contributed by atoms with van der Waals surface area (Å²) in [4.78, 5) is 0. The van der Waals surface area contributed by atoms with Gasteiger partial charge in [-0.05, 0) is 131 Å². The Morgan fingerprint density at radius 1 is 0.355 bits per heavy atom. The van der Waals surface area contributed by atoms with Gasteiger partial charge in [0.2, 0.25) is 0 Å². The van der Waals surface area contributed by atoms with Gasteiger partial charge in [0.05, 0.1) is 10.6 Å². The van der Waals surface area contributed by atoms with Crippen molar-refractivity contribution in [2.75, 3.05) is 0 Å². The maximum absolute atomic E-state index is 7.31. The standard InChI is InChI=1S/C56H68O4P2/c1-37-31-39(3)51(59-61(43-23-19-17-20-24-43)57-49-29-27-41(53(5,6)7)35-47(49)55(11,12)13)45(33-37)46-34-38(2)32-40(4)52(46)60-62(44-25-21-18-22-26-44)58-50-30-28-42(54(8,9)10)36-48(50)56(14,15)16/h17-36H,1-16H3. The van der Waals surface area contributed by atoms with E-state index in [1.165, 1.54) is 11.1 Å². The largest absolute Gasteiger partial charge is 0.435 e. The van der Waals surface area contributed by atoms with Crippen LogP contribution < -0.4 is 28.7 Å². The van der Waals surface area contributed by atoms with Crippen molar-refractivity contribution in [2.45, 2.75) is 132 Å². The zero-order valence-electron chi connectivity index (χ0n) is 40.1. The Bertz CT molecular complexity index is 2320. The van der Waals surface area contributed by atoms with Crippen LogP contribution in [0.4, 0.5) is 0 Å². The number of aryl methyl sites for hydroxylation is 4. The molecule has 0 bridgehead atoms. The summed E-state index contributed by atoms with van der Waals surface area (Å²) in [7, 11) is -3.28. The van der Waals surface area contributed by atoms with Crippen LogP contribution >= 0.6 is 16.8 Å². The molecule has 0 aliphatic heterocycles. The quantitative estimate of drug-likeness (QED) is 0.122. The minimum Gasteiger partial charge on any atom is -0.435 e. The number of hydrogen-bond donors (Lipinski definition) is 0. The molecule has 0 aliphatic rings. The second-order valence-electron chi connectivity index (χ2n) is 20.9. The molecule has 6 aromatic rings. The van der Waals surface area contributed by atoms with E-state index in [-0.39, 0.29) is 21.7 Å². The number of hydrogen-bond acceptors (Lipinski definition) is 4. The highest BCUT2D eigenvalue weighted by atomic mass is 31.2. The summed E-state index contributed by atoms with van der Waals surface area (Å²) in [5.74, 6) is 3.19. The van der Waals surface area contributed by atoms with Gasteiger partial charge in [-0.2, -0.15) is 0 Å². The first-order chi connectivity index (χ1) is 28.9. The summed E-state index contributed by atoms with van der Waals surface area (Å²) in [5, 5.41) is 1.97. The average Bonchev–Trinajstić information content (AvgIpc) is 3.18. The third-order valence-electron chi connectivity index (χ3n) is 11.1. The fourth-order valence-electron chi connectivity index (χ4n) is 7.57. The second kappa shape index (κ2) is 18.2. The zero-order valence-corrected chi connectivity index (χ0v) is 41.9. The third kappa shape index (κ3) is 11.1. The molecule has 0 aliphatic carbocycles. The molecule has 0 saturated heterocycles. The maximum atomic E-state index is 7.31. The van der Waals surface area contributed by atoms with Gasteiger partial charge in [0.15, 0.2) is 0 Å². The molecule has 6 heteroatoms. The summed E-state index contributed by atoms with van der Waals surface area (Å²) in [6.45, 7) is 35.5. The molecule has 2 atom stereocenters. The van der Waals surface area contributed by atoms with Gasteiger partial charge < -0.3 is 18.1 Å². The first-order valence-electron chi connectivity index (χ1n) is 21.9. The Hall–Kier alpha value is -4.62. The lowest BCUT2D eigenvalue weighted by atomic mass is 9.80. The van der Waals surface area contributed by atoms with Crippen LogP contribution in [0.25, 0.3) is 11.1 Å². The summed E-state index contributed by atoms with van der Waals surface area (Å²) in [5.41, 5.74) is 10.7. The monoisotopic (exact) mass is 866 g/mol. The molecule has 326 valence electrons. The van der Waals surface area contributed by atoms with Gasteiger partial charge in [-0.15, -0.1) is 0 Å². The summed E-state index contributed by atoms with van der Waals surface area (Å²) in [6, 6.07) is 42.8. The Balaban J connectivity index is 1.49. The van der Waals surface area contributed by atoms with Crippen molar-refractivity contribution in [3.63, 3.8) is 0 Å². The van der Waals surface area contributed by atoms with Gasteiger partial charge in [-0.25, -0.2) is 0 Å². The van der Waals surface area contributed by atoms with E-state index >= 15 is 0 Å². The van der Waals surface area contributed by atoms with Crippen LogP contribution in [0, 0.1) is 27.7 Å². The fourth-order valence-corrected chi connectivity index (χ4v) is 10.4. The summed E-state index contributed by atoms with van der Waals surface area (Å²) < 4.78 is 28.9. The van der Waals surface area contributed by atoms with Crippen molar-refractivity contribution < 1.29 is 18.1 Å². The maximum Gasteiger partial charge on any atom is 0.326 e. The van der Waals surface area contributed by atoms with Gasteiger partial charge in [-0.3, -0.25) is 0 Å². The molecule has 0 spiro atoms. The molecule has 0 radical (unpaired) electrons. The molecule has 0 heterocycles. The molecular formula is C56H68O4P2. The Morgan fingerprint density at radius 3 is 1.00 bits per heavy atom. The molecule has 6 rings (SSSR count). The first kappa shape index (κ1) is 46.9. The Morgan fingerprint density at radius 2 is 0.694 bits per heavy atom. The topological polar surface area (TPSA) is 36.9 Å². The predicted octanol–water partition coefficient (Wildman–Crippen LogP) is 16.0. The van der Waals surface area contributed by atoms with E-state index in [1.807, 2.05) is 12.1 Å². The van der Waals surface area contributed by atoms with Gasteiger partial charge >= 0.3 is 16.8 Å². The van der Waals surface area contributed by atoms with E-state index in [1.54, 1.807) is 0 Å². The molecular weight excluding hydrogens is 799 g/mol. The van der Waals surface area contributed by atoms with Crippen molar-refractivity contribution in [1.29, 1.82) is 0 Å². The Labute approximate surface area is 376 Å². The Kier molecular flexibility index (Phi) is 13.8. The number of benzene rings is 6. The van der Waals surface area contributed by atoms with E-state index < -0.39 is 16.8 Å². The molecule has 0 aromatic heterocycles. The highest BCUT2D eigenvalue weighted by Gasteiger charge is 2.31. The van der Waals surface area contributed by atoms with Gasteiger partial charge in [-0.1, -0.05) is 156 Å². The number of rotatable bonds is 11. The lowest BCUT2D eigenvalue weighted by Gasteiger charge is -2.30. The summed E-state index contributed by atoms with van der Waals surface area (Å²) >= 11 is 0. The molecule has 0 saturated carbocycles. The van der Waals surface area contributed by atoms with Gasteiger partial charge in [0.25, 0.3) is 0 Å². The van der Waals surface area contributed by atoms with Crippen LogP contribution in [0.2, 0.25) is 0 Å². The van der Waals surface area contributed by atoms with Crippen molar-refractivity contribution in [2.24, 2.45) is 0 Å². The van der Waals surface area contributed by atoms with Crippen LogP contribution in [-0.4, -0.2) is 0 Å². The molecule has 2 unspecified atom stereocenters. The fraction of sp³-hybridized carbons (Fsp3) is 0.357. The van der Waals surface area contributed by atoms with Crippen molar-refractivity contribution >= 4 is 27.4 Å². The normalized spacial score (nSPS) is 13.4. The summed E-state index contributed by atoms with van der Waals surface area (Å²) in [6.07, 6.45) is 0. The smallest absolute Gasteiger partial charge is 0.326 e. The van der Waals surface area contributed by atoms with Crippen LogP contribution in [-0.2, 0) is 21.7 Å². The second-order valence-corrected chi connectivity index (χ2v) is 23.7. The van der Waals surface area contributed by atoms with E-state index in [9.17, 15) is 0 Å². The van der Waals surface area contributed by atoms with Crippen LogP contribution in [0.3, 0.4) is 0 Å². The minimum atomic E-state index is -1.64. The molecule has 62 heavy (non-hydrogen) atoms. The zero-order chi connectivity index (χ0) is 45.4. The average molecular weight is 867 g/mol. The molecule has 0 N–H and O–H groups in total. The lowest BCUT2D eigenvalue weighted by Crippen LogP contribution is -2.19. The highest BCUT2D eigenvalue weighted by molar-refractivity contribution is 7.57. The highest BCUT2D eigenvalue weighted by Crippen LogP contribution is 2.52. The molecule has 6 aromatic carbocycles. The van der Waals surface area contributed by atoms with Crippen molar-refractivity contribution in [3.05, 3.63) is 166 Å². The van der Waals surface area contributed by atoms with Gasteiger partial charge in [0, 0.05) is 22.3 Å². The van der Waals surface area contributed by atoms with Crippen molar-refractivity contribution in [3.8, 4) is 34.1 Å². The van der Waals surface area contributed by atoms with E-state index in [4.69, 9.17) is 18.1 Å². The lowest BCUT2D eigenvalue weighted by molar-refractivity contribution is 0.475. The predicted molar refractivity (Wildman–Crippen MR) is 267 cm³/mol. The van der Waals surface area contributed by atoms with Gasteiger partial charge in [0.1, 0.15) is 23.0 Å².